The summed E-state index contributed by atoms with van der Waals surface area (Å²) >= 11 is 1.42. The fourth-order valence-electron chi connectivity index (χ4n) is 3.54. The largest absolute Gasteiger partial charge is 0.489 e. The summed E-state index contributed by atoms with van der Waals surface area (Å²) in [7, 11) is 0. The Balaban J connectivity index is 1.28. The molecule has 1 fully saturated rings. The van der Waals surface area contributed by atoms with Gasteiger partial charge in [0.25, 0.3) is 5.91 Å². The Morgan fingerprint density at radius 3 is 2.55 bits per heavy atom. The van der Waals surface area contributed by atoms with Crippen LogP contribution in [0.3, 0.4) is 0 Å². The van der Waals surface area contributed by atoms with E-state index in [-0.39, 0.29) is 5.91 Å². The van der Waals surface area contributed by atoms with Crippen LogP contribution in [0, 0.1) is 18.6 Å². The van der Waals surface area contributed by atoms with Crippen LogP contribution in [0.1, 0.15) is 26.4 Å². The molecule has 7 heteroatoms. The van der Waals surface area contributed by atoms with Crippen molar-refractivity contribution in [2.45, 2.75) is 20.1 Å². The van der Waals surface area contributed by atoms with Gasteiger partial charge in [-0.15, -0.1) is 11.3 Å². The van der Waals surface area contributed by atoms with Crippen molar-refractivity contribution in [1.29, 1.82) is 0 Å². The number of ether oxygens (including phenoxy) is 1. The van der Waals surface area contributed by atoms with Crippen LogP contribution in [-0.2, 0) is 13.2 Å². The Hall–Kier alpha value is -2.77. The summed E-state index contributed by atoms with van der Waals surface area (Å²) in [4.78, 5) is 17.4. The van der Waals surface area contributed by atoms with E-state index in [0.29, 0.717) is 49.8 Å². The molecule has 0 radical (unpaired) electrons. The maximum absolute atomic E-state index is 13.9. The lowest BCUT2D eigenvalue weighted by Crippen LogP contribution is -2.48. The molecule has 1 amide bonds. The zero-order valence-corrected chi connectivity index (χ0v) is 18.1. The number of hydrogen-bond acceptors (Lipinski definition) is 4. The average Bonchev–Trinajstić information content (AvgIpc) is 3.26. The molecule has 0 bridgehead atoms. The minimum Gasteiger partial charge on any atom is -0.489 e. The highest BCUT2D eigenvalue weighted by atomic mass is 32.1. The van der Waals surface area contributed by atoms with Crippen LogP contribution < -0.4 is 4.74 Å². The lowest BCUT2D eigenvalue weighted by molar-refractivity contribution is 0.0631. The molecule has 0 unspecified atom stereocenters. The van der Waals surface area contributed by atoms with Gasteiger partial charge >= 0.3 is 0 Å². The Bertz CT molecular complexity index is 1040. The smallest absolute Gasteiger partial charge is 0.264 e. The summed E-state index contributed by atoms with van der Waals surface area (Å²) in [6.07, 6.45) is 0. The Morgan fingerprint density at radius 2 is 1.81 bits per heavy atom. The molecule has 2 aromatic carbocycles. The summed E-state index contributed by atoms with van der Waals surface area (Å²) in [5, 5.41) is 1.95. The highest BCUT2D eigenvalue weighted by Gasteiger charge is 2.24. The second kappa shape index (κ2) is 9.58. The maximum atomic E-state index is 13.9. The second-order valence-electron chi connectivity index (χ2n) is 7.70. The number of aryl methyl sites for hydroxylation is 1. The first kappa shape index (κ1) is 21.5. The highest BCUT2D eigenvalue weighted by molar-refractivity contribution is 7.12. The van der Waals surface area contributed by atoms with Crippen LogP contribution in [0.15, 0.2) is 53.9 Å². The van der Waals surface area contributed by atoms with Crippen molar-refractivity contribution in [2.75, 3.05) is 26.2 Å². The van der Waals surface area contributed by atoms with E-state index in [4.69, 9.17) is 4.74 Å². The SMILES string of the molecule is Cc1ccc(OCc2csc(C(=O)N3CCN(Cc4cccc(F)c4F)CC3)c2)cc1. The van der Waals surface area contributed by atoms with Gasteiger partial charge in [-0.3, -0.25) is 9.69 Å². The standard InChI is InChI=1S/C24H24F2N2O2S/c1-17-5-7-20(8-6-17)30-15-18-13-22(31-16-18)24(29)28-11-9-27(10-12-28)14-19-3-2-4-21(25)23(19)26/h2-8,13,16H,9-12,14-15H2,1H3. The van der Waals surface area contributed by atoms with Gasteiger partial charge in [0.2, 0.25) is 0 Å². The topological polar surface area (TPSA) is 32.8 Å². The van der Waals surface area contributed by atoms with E-state index in [9.17, 15) is 13.6 Å². The molecule has 1 saturated heterocycles. The molecule has 1 aromatic heterocycles. The number of hydrogen-bond donors (Lipinski definition) is 0. The molecule has 3 aromatic rings. The zero-order valence-electron chi connectivity index (χ0n) is 17.3. The van der Waals surface area contributed by atoms with Crippen molar-refractivity contribution in [3.63, 3.8) is 0 Å². The van der Waals surface area contributed by atoms with E-state index in [1.165, 1.54) is 23.0 Å². The first-order valence-corrected chi connectivity index (χ1v) is 11.1. The number of thiophene rings is 1. The van der Waals surface area contributed by atoms with Crippen LogP contribution in [0.5, 0.6) is 5.75 Å². The van der Waals surface area contributed by atoms with Crippen LogP contribution in [0.25, 0.3) is 0 Å². The van der Waals surface area contributed by atoms with Gasteiger partial charge < -0.3 is 9.64 Å². The predicted molar refractivity (Wildman–Crippen MR) is 117 cm³/mol. The number of piperazine rings is 1. The molecule has 4 rings (SSSR count). The molecule has 31 heavy (non-hydrogen) atoms. The molecule has 4 nitrogen and oxygen atoms in total. The Labute approximate surface area is 184 Å². The number of nitrogens with zero attached hydrogens (tertiary/aromatic N) is 2. The van der Waals surface area contributed by atoms with Gasteiger partial charge in [-0.2, -0.15) is 0 Å². The average molecular weight is 443 g/mol. The molecule has 1 aliphatic rings. The molecule has 0 saturated carbocycles. The fraction of sp³-hybridized carbons (Fsp3) is 0.292. The van der Waals surface area contributed by atoms with E-state index >= 15 is 0 Å². The third kappa shape index (κ3) is 5.29. The normalized spacial score (nSPS) is 14.6. The lowest BCUT2D eigenvalue weighted by atomic mass is 10.1. The number of benzene rings is 2. The molecule has 2 heterocycles. The first-order chi connectivity index (χ1) is 15.0. The lowest BCUT2D eigenvalue weighted by Gasteiger charge is -2.34. The molecule has 0 atom stereocenters. The highest BCUT2D eigenvalue weighted by Crippen LogP contribution is 2.21. The molecular weight excluding hydrogens is 418 g/mol. The molecule has 0 N–H and O–H groups in total. The minimum absolute atomic E-state index is 0.00294. The van der Waals surface area contributed by atoms with E-state index in [2.05, 4.69) is 0 Å². The predicted octanol–water partition coefficient (Wildman–Crippen LogP) is 4.87. The summed E-state index contributed by atoms with van der Waals surface area (Å²) in [6, 6.07) is 14.0. The van der Waals surface area contributed by atoms with Crippen LogP contribution in [0.2, 0.25) is 0 Å². The van der Waals surface area contributed by atoms with Crippen LogP contribution in [0.4, 0.5) is 8.78 Å². The van der Waals surface area contributed by atoms with E-state index in [1.807, 2.05) is 52.4 Å². The van der Waals surface area contributed by atoms with E-state index < -0.39 is 11.6 Å². The van der Waals surface area contributed by atoms with Gasteiger partial charge in [0.05, 0.1) is 4.88 Å². The molecular formula is C24H24F2N2O2S. The Kier molecular flexibility index (Phi) is 6.63. The van der Waals surface area contributed by atoms with Crippen LogP contribution in [-0.4, -0.2) is 41.9 Å². The van der Waals surface area contributed by atoms with Crippen LogP contribution >= 0.6 is 11.3 Å². The van der Waals surface area contributed by atoms with E-state index in [0.717, 1.165) is 17.4 Å². The van der Waals surface area contributed by atoms with Crippen molar-refractivity contribution < 1.29 is 18.3 Å². The van der Waals surface area contributed by atoms with Gasteiger partial charge in [0, 0.05) is 43.9 Å². The molecule has 1 aliphatic heterocycles. The molecule has 0 aliphatic carbocycles. The summed E-state index contributed by atoms with van der Waals surface area (Å²) < 4.78 is 33.1. The second-order valence-corrected chi connectivity index (χ2v) is 8.61. The van der Waals surface area contributed by atoms with Gasteiger partial charge in [0.15, 0.2) is 11.6 Å². The van der Waals surface area contributed by atoms with Crippen molar-refractivity contribution in [3.05, 3.63) is 87.1 Å². The number of carbonyl (C=O) groups is 1. The Morgan fingerprint density at radius 1 is 1.06 bits per heavy atom. The third-order valence-electron chi connectivity index (χ3n) is 5.38. The summed E-state index contributed by atoms with van der Waals surface area (Å²) in [5.41, 5.74) is 2.49. The van der Waals surface area contributed by atoms with Crippen molar-refractivity contribution in [3.8, 4) is 5.75 Å². The quantitative estimate of drug-likeness (QED) is 0.546. The van der Waals surface area contributed by atoms with Crippen molar-refractivity contribution in [2.24, 2.45) is 0 Å². The molecule has 162 valence electrons. The van der Waals surface area contributed by atoms with Gasteiger partial charge in [-0.1, -0.05) is 29.8 Å². The third-order valence-corrected chi connectivity index (χ3v) is 6.34. The monoisotopic (exact) mass is 442 g/mol. The number of carbonyl (C=O) groups excluding carboxylic acids is 1. The van der Waals surface area contributed by atoms with E-state index in [1.54, 1.807) is 6.07 Å². The first-order valence-electron chi connectivity index (χ1n) is 10.2. The number of amides is 1. The van der Waals surface area contributed by atoms with Gasteiger partial charge in [-0.25, -0.2) is 8.78 Å². The fourth-order valence-corrected chi connectivity index (χ4v) is 4.40. The number of rotatable bonds is 6. The molecule has 0 spiro atoms. The number of halogens is 2. The zero-order chi connectivity index (χ0) is 21.8. The van der Waals surface area contributed by atoms with Gasteiger partial charge in [-0.05, 0) is 36.6 Å². The van der Waals surface area contributed by atoms with Crippen molar-refractivity contribution >= 4 is 17.2 Å². The summed E-state index contributed by atoms with van der Waals surface area (Å²) in [5.74, 6) is -0.815. The minimum atomic E-state index is -0.828. The summed E-state index contributed by atoms with van der Waals surface area (Å²) in [6.45, 7) is 5.14. The van der Waals surface area contributed by atoms with Crippen molar-refractivity contribution in [1.82, 2.24) is 9.80 Å². The maximum Gasteiger partial charge on any atom is 0.264 e. The van der Waals surface area contributed by atoms with Gasteiger partial charge in [0.1, 0.15) is 12.4 Å².